The van der Waals surface area contributed by atoms with E-state index in [9.17, 15) is 9.59 Å². The Hall–Kier alpha value is -3.14. The second-order valence-corrected chi connectivity index (χ2v) is 5.17. The minimum atomic E-state index is -0.497. The highest BCUT2D eigenvalue weighted by Crippen LogP contribution is 2.21. The molecule has 0 aliphatic heterocycles. The van der Waals surface area contributed by atoms with Crippen molar-refractivity contribution in [2.45, 2.75) is 6.92 Å². The van der Waals surface area contributed by atoms with Gasteiger partial charge >= 0.3 is 5.63 Å². The van der Waals surface area contributed by atoms with Gasteiger partial charge in [0.05, 0.1) is 5.69 Å². The quantitative estimate of drug-likeness (QED) is 0.591. The largest absolute Gasteiger partial charge is 0.423 e. The standard InChI is InChI=1S/C19H15NO3/c1-13(11-14-7-3-2-4-8-14)19(22)20-16-12-18(21)23-17-10-6-5-9-15(16)17/h2-12H,1H3,(H,20,22)/b13-11+. The number of para-hydroxylation sites is 1. The van der Waals surface area contributed by atoms with Crippen molar-refractivity contribution in [2.75, 3.05) is 5.32 Å². The molecule has 0 atom stereocenters. The zero-order chi connectivity index (χ0) is 16.2. The zero-order valence-corrected chi connectivity index (χ0v) is 12.6. The van der Waals surface area contributed by atoms with Crippen molar-refractivity contribution in [3.63, 3.8) is 0 Å². The van der Waals surface area contributed by atoms with Gasteiger partial charge in [-0.1, -0.05) is 42.5 Å². The van der Waals surface area contributed by atoms with Gasteiger partial charge in [0, 0.05) is 17.0 Å². The Balaban J connectivity index is 1.91. The molecule has 0 bridgehead atoms. The van der Waals surface area contributed by atoms with Crippen LogP contribution in [0.15, 0.2) is 75.4 Å². The van der Waals surface area contributed by atoms with E-state index in [0.29, 0.717) is 22.2 Å². The minimum Gasteiger partial charge on any atom is -0.423 e. The van der Waals surface area contributed by atoms with E-state index >= 15 is 0 Å². The van der Waals surface area contributed by atoms with Crippen LogP contribution in [-0.2, 0) is 4.79 Å². The second kappa shape index (κ2) is 6.32. The maximum atomic E-state index is 12.4. The molecule has 0 fully saturated rings. The first-order valence-electron chi connectivity index (χ1n) is 7.21. The lowest BCUT2D eigenvalue weighted by Crippen LogP contribution is -2.14. The van der Waals surface area contributed by atoms with E-state index in [-0.39, 0.29) is 5.91 Å². The molecule has 2 aromatic carbocycles. The predicted molar refractivity (Wildman–Crippen MR) is 91.2 cm³/mol. The van der Waals surface area contributed by atoms with Crippen LogP contribution in [0, 0.1) is 0 Å². The smallest absolute Gasteiger partial charge is 0.338 e. The third-order valence-electron chi connectivity index (χ3n) is 3.44. The number of hydrogen-bond acceptors (Lipinski definition) is 3. The zero-order valence-electron chi connectivity index (χ0n) is 12.6. The average Bonchev–Trinajstić information content (AvgIpc) is 2.55. The Morgan fingerprint density at radius 3 is 2.52 bits per heavy atom. The molecule has 114 valence electrons. The molecule has 0 radical (unpaired) electrons. The number of nitrogens with one attached hydrogen (secondary N) is 1. The van der Waals surface area contributed by atoms with Crippen LogP contribution >= 0.6 is 0 Å². The molecule has 3 aromatic rings. The number of carbonyl (C=O) groups is 1. The summed E-state index contributed by atoms with van der Waals surface area (Å²) in [5.41, 5.74) is 1.89. The molecule has 1 aromatic heterocycles. The molecular weight excluding hydrogens is 290 g/mol. The van der Waals surface area contributed by atoms with E-state index in [1.165, 1.54) is 6.07 Å². The van der Waals surface area contributed by atoms with Crippen molar-refractivity contribution in [2.24, 2.45) is 0 Å². The first-order chi connectivity index (χ1) is 11.1. The summed E-state index contributed by atoms with van der Waals surface area (Å²) in [6.45, 7) is 1.73. The number of anilines is 1. The minimum absolute atomic E-state index is 0.260. The molecule has 0 aliphatic carbocycles. The van der Waals surface area contributed by atoms with Crippen LogP contribution in [0.4, 0.5) is 5.69 Å². The normalized spacial score (nSPS) is 11.4. The number of rotatable bonds is 3. The van der Waals surface area contributed by atoms with Crippen molar-refractivity contribution >= 4 is 28.6 Å². The Labute approximate surface area is 133 Å². The molecule has 4 nitrogen and oxygen atoms in total. The molecule has 0 aliphatic rings. The lowest BCUT2D eigenvalue weighted by molar-refractivity contribution is -0.112. The van der Waals surface area contributed by atoms with Gasteiger partial charge in [0.1, 0.15) is 5.58 Å². The van der Waals surface area contributed by atoms with Gasteiger partial charge in [-0.3, -0.25) is 4.79 Å². The number of fused-ring (bicyclic) bond motifs is 1. The third kappa shape index (κ3) is 3.37. The van der Waals surface area contributed by atoms with E-state index in [4.69, 9.17) is 4.42 Å². The van der Waals surface area contributed by atoms with Gasteiger partial charge in [0.15, 0.2) is 0 Å². The summed E-state index contributed by atoms with van der Waals surface area (Å²) in [5.74, 6) is -0.260. The molecule has 0 saturated carbocycles. The number of hydrogen-bond donors (Lipinski definition) is 1. The van der Waals surface area contributed by atoms with E-state index < -0.39 is 5.63 Å². The SMILES string of the molecule is C/C(=C\c1ccccc1)C(=O)Nc1cc(=O)oc2ccccc12. The molecule has 3 rings (SSSR count). The molecule has 0 spiro atoms. The van der Waals surface area contributed by atoms with E-state index in [2.05, 4.69) is 5.32 Å². The summed E-state index contributed by atoms with van der Waals surface area (Å²) in [5, 5.41) is 3.47. The van der Waals surface area contributed by atoms with Crippen molar-refractivity contribution in [3.8, 4) is 0 Å². The van der Waals surface area contributed by atoms with Crippen molar-refractivity contribution < 1.29 is 9.21 Å². The first kappa shape index (κ1) is 14.8. The monoisotopic (exact) mass is 305 g/mol. The Bertz CT molecular complexity index is 939. The van der Waals surface area contributed by atoms with E-state index in [0.717, 1.165) is 5.56 Å². The van der Waals surface area contributed by atoms with Crippen LogP contribution in [0.1, 0.15) is 12.5 Å². The van der Waals surface area contributed by atoms with Gasteiger partial charge in [-0.15, -0.1) is 0 Å². The van der Waals surface area contributed by atoms with Crippen LogP contribution in [0.2, 0.25) is 0 Å². The summed E-state index contributed by atoms with van der Waals surface area (Å²) in [4.78, 5) is 24.0. The lowest BCUT2D eigenvalue weighted by Gasteiger charge is -2.08. The van der Waals surface area contributed by atoms with Crippen molar-refractivity contribution in [1.29, 1.82) is 0 Å². The third-order valence-corrected chi connectivity index (χ3v) is 3.44. The summed E-state index contributed by atoms with van der Waals surface area (Å²) in [6, 6.07) is 18.0. The summed E-state index contributed by atoms with van der Waals surface area (Å²) >= 11 is 0. The number of benzene rings is 2. The van der Waals surface area contributed by atoms with Crippen LogP contribution < -0.4 is 10.9 Å². The molecule has 23 heavy (non-hydrogen) atoms. The fraction of sp³-hybridized carbons (Fsp3) is 0.0526. The molecule has 1 amide bonds. The predicted octanol–water partition coefficient (Wildman–Crippen LogP) is 3.84. The van der Waals surface area contributed by atoms with Gasteiger partial charge < -0.3 is 9.73 Å². The van der Waals surface area contributed by atoms with Crippen molar-refractivity contribution in [3.05, 3.63) is 82.2 Å². The van der Waals surface area contributed by atoms with Gasteiger partial charge in [-0.25, -0.2) is 4.79 Å². The molecule has 4 heteroatoms. The van der Waals surface area contributed by atoms with Gasteiger partial charge in [-0.05, 0) is 30.7 Å². The highest BCUT2D eigenvalue weighted by molar-refractivity contribution is 6.09. The number of carbonyl (C=O) groups excluding carboxylic acids is 1. The van der Waals surface area contributed by atoms with Crippen LogP contribution in [0.25, 0.3) is 17.0 Å². The second-order valence-electron chi connectivity index (χ2n) is 5.17. The van der Waals surface area contributed by atoms with E-state index in [1.54, 1.807) is 31.2 Å². The fourth-order valence-corrected chi connectivity index (χ4v) is 2.30. The van der Waals surface area contributed by atoms with Crippen LogP contribution in [0.5, 0.6) is 0 Å². The molecule has 1 heterocycles. The fourth-order valence-electron chi connectivity index (χ4n) is 2.30. The van der Waals surface area contributed by atoms with E-state index in [1.807, 2.05) is 36.4 Å². The first-order valence-corrected chi connectivity index (χ1v) is 7.21. The summed E-state index contributed by atoms with van der Waals surface area (Å²) < 4.78 is 5.12. The highest BCUT2D eigenvalue weighted by atomic mass is 16.4. The molecule has 0 unspecified atom stereocenters. The Morgan fingerprint density at radius 2 is 1.74 bits per heavy atom. The molecule has 0 saturated heterocycles. The highest BCUT2D eigenvalue weighted by Gasteiger charge is 2.10. The van der Waals surface area contributed by atoms with Crippen LogP contribution in [-0.4, -0.2) is 5.91 Å². The topological polar surface area (TPSA) is 59.3 Å². The van der Waals surface area contributed by atoms with Gasteiger partial charge in [0.25, 0.3) is 5.91 Å². The maximum absolute atomic E-state index is 12.4. The average molecular weight is 305 g/mol. The lowest BCUT2D eigenvalue weighted by atomic mass is 10.1. The summed E-state index contributed by atoms with van der Waals surface area (Å²) in [6.07, 6.45) is 1.79. The van der Waals surface area contributed by atoms with Gasteiger partial charge in [0.2, 0.25) is 0 Å². The molecule has 1 N–H and O–H groups in total. The Kier molecular flexibility index (Phi) is 4.06. The van der Waals surface area contributed by atoms with Gasteiger partial charge in [-0.2, -0.15) is 0 Å². The summed E-state index contributed by atoms with van der Waals surface area (Å²) in [7, 11) is 0. The van der Waals surface area contributed by atoms with Crippen molar-refractivity contribution in [1.82, 2.24) is 0 Å². The van der Waals surface area contributed by atoms with Crippen LogP contribution in [0.3, 0.4) is 0 Å². The molecular formula is C19H15NO3. The maximum Gasteiger partial charge on any atom is 0.338 e. The number of amides is 1. The Morgan fingerprint density at radius 1 is 1.04 bits per heavy atom.